The number of allylic oxidation sites excluding steroid dienone is 12. The predicted molar refractivity (Wildman–Crippen MR) is 143 cm³/mol. The van der Waals surface area contributed by atoms with Crippen molar-refractivity contribution in [2.75, 3.05) is 20.2 Å². The molecule has 0 unspecified atom stereocenters. The van der Waals surface area contributed by atoms with Gasteiger partial charge in [-0.1, -0.05) is 85.0 Å². The summed E-state index contributed by atoms with van der Waals surface area (Å²) in [5.41, 5.74) is 1.22. The summed E-state index contributed by atoms with van der Waals surface area (Å²) in [5, 5.41) is 0.266. The lowest BCUT2D eigenvalue weighted by Crippen LogP contribution is -2.55. The minimum atomic E-state index is -0.354. The van der Waals surface area contributed by atoms with Crippen LogP contribution in [-0.2, 0) is 9.59 Å². The average molecular weight is 475 g/mol. The van der Waals surface area contributed by atoms with E-state index in [-0.39, 0.29) is 22.5 Å². The number of amides is 2. The normalized spacial score (nSPS) is 15.6. The van der Waals surface area contributed by atoms with Crippen LogP contribution in [0.15, 0.2) is 103 Å². The van der Waals surface area contributed by atoms with E-state index in [9.17, 15) is 9.59 Å². The molecule has 0 spiro atoms. The molecule has 1 heterocycles. The van der Waals surface area contributed by atoms with Crippen LogP contribution in [0.5, 0.6) is 5.75 Å². The topological polar surface area (TPSA) is 49.9 Å². The lowest BCUT2D eigenvalue weighted by Gasteiger charge is -2.35. The largest absolute Gasteiger partial charge is 0.497 e. The van der Waals surface area contributed by atoms with Crippen molar-refractivity contribution in [3.05, 3.63) is 108 Å². The molecule has 0 saturated carbocycles. The summed E-state index contributed by atoms with van der Waals surface area (Å²) in [6.07, 6.45) is 24.2. The maximum Gasteiger partial charge on any atom is 0.265 e. The number of likely N-dealkylation sites (N-methyl/N-ethyl adjacent to an activating group) is 2. The molecular formula is C28H30N2O3S. The molecule has 1 aromatic carbocycles. The Bertz CT molecular complexity index is 1050. The van der Waals surface area contributed by atoms with Crippen molar-refractivity contribution in [2.45, 2.75) is 13.8 Å². The van der Waals surface area contributed by atoms with Crippen molar-refractivity contribution in [3.8, 4) is 5.75 Å². The van der Waals surface area contributed by atoms with E-state index in [2.05, 4.69) is 0 Å². The fourth-order valence-corrected chi connectivity index (χ4v) is 3.44. The van der Waals surface area contributed by atoms with E-state index in [0.29, 0.717) is 13.1 Å². The fraction of sp³-hybridized carbons (Fsp3) is 0.179. The molecule has 0 atom stereocenters. The first-order valence-electron chi connectivity index (χ1n) is 11.1. The van der Waals surface area contributed by atoms with Gasteiger partial charge in [-0.25, -0.2) is 0 Å². The van der Waals surface area contributed by atoms with Crippen LogP contribution in [-0.4, -0.2) is 46.9 Å². The van der Waals surface area contributed by atoms with Gasteiger partial charge in [-0.2, -0.15) is 0 Å². The van der Waals surface area contributed by atoms with Crippen LogP contribution in [0, 0.1) is 0 Å². The molecule has 1 aliphatic rings. The number of methoxy groups -OCH3 is 1. The molecule has 5 nitrogen and oxygen atoms in total. The highest BCUT2D eigenvalue weighted by molar-refractivity contribution is 7.80. The Kier molecular flexibility index (Phi) is 11.2. The van der Waals surface area contributed by atoms with Crippen molar-refractivity contribution < 1.29 is 14.3 Å². The van der Waals surface area contributed by atoms with E-state index >= 15 is 0 Å². The first-order chi connectivity index (χ1) is 16.5. The van der Waals surface area contributed by atoms with Gasteiger partial charge in [0.15, 0.2) is 5.11 Å². The fourth-order valence-electron chi connectivity index (χ4n) is 3.01. The Labute approximate surface area is 207 Å². The van der Waals surface area contributed by atoms with E-state index in [4.69, 9.17) is 17.0 Å². The Morgan fingerprint density at radius 2 is 1.18 bits per heavy atom. The molecule has 0 aliphatic carbocycles. The highest BCUT2D eigenvalue weighted by Gasteiger charge is 2.37. The molecule has 6 heteroatoms. The summed E-state index contributed by atoms with van der Waals surface area (Å²) >= 11 is 5.25. The van der Waals surface area contributed by atoms with Gasteiger partial charge in [0.2, 0.25) is 0 Å². The van der Waals surface area contributed by atoms with Gasteiger partial charge in [0.25, 0.3) is 11.8 Å². The summed E-state index contributed by atoms with van der Waals surface area (Å²) < 4.78 is 5.14. The number of hydrogen-bond acceptors (Lipinski definition) is 4. The van der Waals surface area contributed by atoms with Gasteiger partial charge < -0.3 is 4.74 Å². The second-order valence-electron chi connectivity index (χ2n) is 7.02. The average Bonchev–Trinajstić information content (AvgIpc) is 2.84. The minimum Gasteiger partial charge on any atom is -0.497 e. The van der Waals surface area contributed by atoms with Crippen LogP contribution in [0.25, 0.3) is 6.08 Å². The molecule has 34 heavy (non-hydrogen) atoms. The van der Waals surface area contributed by atoms with Crippen LogP contribution in [0.1, 0.15) is 19.4 Å². The SMILES string of the molecule is CCN1C(=O)C(=C/C=C/C=C/C=C/C=C/C=C/C=C/c2ccc(OC)cc2)C(=O)N(CC)C1=S. The Morgan fingerprint density at radius 1 is 0.735 bits per heavy atom. The van der Waals surface area contributed by atoms with Crippen molar-refractivity contribution in [1.29, 1.82) is 0 Å². The Hall–Kier alpha value is -3.77. The molecule has 1 fully saturated rings. The molecular weight excluding hydrogens is 444 g/mol. The number of ether oxygens (including phenoxy) is 1. The highest BCUT2D eigenvalue weighted by atomic mass is 32.1. The smallest absolute Gasteiger partial charge is 0.265 e. The van der Waals surface area contributed by atoms with Crippen LogP contribution in [0.2, 0.25) is 0 Å². The van der Waals surface area contributed by atoms with Crippen LogP contribution >= 0.6 is 12.2 Å². The molecule has 1 aromatic rings. The third-order valence-electron chi connectivity index (χ3n) is 4.82. The van der Waals surface area contributed by atoms with E-state index < -0.39 is 0 Å². The van der Waals surface area contributed by atoms with Gasteiger partial charge >= 0.3 is 0 Å². The lowest BCUT2D eigenvalue weighted by atomic mass is 10.1. The Morgan fingerprint density at radius 3 is 1.62 bits per heavy atom. The molecule has 176 valence electrons. The van der Waals surface area contributed by atoms with Crippen LogP contribution in [0.4, 0.5) is 0 Å². The molecule has 2 amide bonds. The van der Waals surface area contributed by atoms with Crippen molar-refractivity contribution >= 4 is 35.2 Å². The van der Waals surface area contributed by atoms with Crippen molar-refractivity contribution in [2.24, 2.45) is 0 Å². The molecule has 1 saturated heterocycles. The number of rotatable bonds is 10. The summed E-state index contributed by atoms with van der Waals surface area (Å²) in [6, 6.07) is 7.86. The summed E-state index contributed by atoms with van der Waals surface area (Å²) in [5.74, 6) is 0.135. The van der Waals surface area contributed by atoms with E-state index in [0.717, 1.165) is 11.3 Å². The number of thiocarbonyl (C=S) groups is 1. The van der Waals surface area contributed by atoms with E-state index in [1.54, 1.807) is 19.3 Å². The molecule has 0 N–H and O–H groups in total. The molecule has 1 aliphatic heterocycles. The number of benzene rings is 1. The zero-order chi connectivity index (χ0) is 24.8. The second kappa shape index (κ2) is 14.4. The van der Waals surface area contributed by atoms with Crippen molar-refractivity contribution in [1.82, 2.24) is 9.80 Å². The predicted octanol–water partition coefficient (Wildman–Crippen LogP) is 5.41. The number of carbonyl (C=O) groups is 2. The third-order valence-corrected chi connectivity index (χ3v) is 5.26. The molecule has 2 rings (SSSR count). The number of hydrogen-bond donors (Lipinski definition) is 0. The van der Waals surface area contributed by atoms with Gasteiger partial charge in [-0.3, -0.25) is 19.4 Å². The maximum absolute atomic E-state index is 12.5. The maximum atomic E-state index is 12.5. The van der Waals surface area contributed by atoms with Crippen LogP contribution in [0.3, 0.4) is 0 Å². The first-order valence-corrected chi connectivity index (χ1v) is 11.5. The van der Waals surface area contributed by atoms with E-state index in [1.165, 1.54) is 15.9 Å². The zero-order valence-electron chi connectivity index (χ0n) is 19.8. The summed E-state index contributed by atoms with van der Waals surface area (Å²) in [7, 11) is 1.65. The lowest BCUT2D eigenvalue weighted by molar-refractivity contribution is -0.133. The summed E-state index contributed by atoms with van der Waals surface area (Å²) in [6.45, 7) is 4.52. The monoisotopic (exact) mass is 474 g/mol. The molecule has 0 radical (unpaired) electrons. The van der Waals surface area contributed by atoms with Gasteiger partial charge in [-0.15, -0.1) is 0 Å². The van der Waals surface area contributed by atoms with E-state index in [1.807, 2.05) is 98.9 Å². The molecule has 0 aromatic heterocycles. The standard InChI is InChI=1S/C28H30N2O3S/c1-4-29-26(31)25(27(32)30(5-2)28(29)34)18-16-14-12-10-8-6-7-9-11-13-15-17-23-19-21-24(33-3)22-20-23/h6-22H,4-5H2,1-3H3/b8-6+,9-7+,12-10+,13-11+,16-14+,17-15+. The number of carbonyl (C=O) groups excluding carboxylic acids is 2. The quantitative estimate of drug-likeness (QED) is 0.197. The first kappa shape index (κ1) is 26.5. The van der Waals surface area contributed by atoms with Gasteiger partial charge in [0, 0.05) is 13.1 Å². The molecule has 0 bridgehead atoms. The zero-order valence-corrected chi connectivity index (χ0v) is 20.6. The number of nitrogens with zero attached hydrogens (tertiary/aromatic N) is 2. The highest BCUT2D eigenvalue weighted by Crippen LogP contribution is 2.17. The Balaban J connectivity index is 1.82. The van der Waals surface area contributed by atoms with Gasteiger partial charge in [0.1, 0.15) is 11.3 Å². The van der Waals surface area contributed by atoms with Crippen LogP contribution < -0.4 is 4.74 Å². The minimum absolute atomic E-state index is 0.119. The third kappa shape index (κ3) is 7.67. The second-order valence-corrected chi connectivity index (χ2v) is 7.38. The van der Waals surface area contributed by atoms with Crippen molar-refractivity contribution in [3.63, 3.8) is 0 Å². The van der Waals surface area contributed by atoms with Gasteiger partial charge in [0.05, 0.1) is 7.11 Å². The van der Waals surface area contributed by atoms with Gasteiger partial charge in [-0.05, 0) is 49.8 Å². The summed E-state index contributed by atoms with van der Waals surface area (Å²) in [4.78, 5) is 27.9.